The van der Waals surface area contributed by atoms with Gasteiger partial charge < -0.3 is 5.32 Å². The van der Waals surface area contributed by atoms with E-state index < -0.39 is 0 Å². The van der Waals surface area contributed by atoms with E-state index in [4.69, 9.17) is 0 Å². The molecule has 2 aliphatic rings. The molecule has 3 atom stereocenters. The highest BCUT2D eigenvalue weighted by Gasteiger charge is 2.38. The minimum absolute atomic E-state index is 1.04. The second-order valence-electron chi connectivity index (χ2n) is 6.23. The van der Waals surface area contributed by atoms with Gasteiger partial charge in [-0.25, -0.2) is 0 Å². The second-order valence-corrected chi connectivity index (χ2v) is 6.23. The van der Waals surface area contributed by atoms with E-state index in [1.807, 2.05) is 0 Å². The molecule has 2 aliphatic carbocycles. The summed E-state index contributed by atoms with van der Waals surface area (Å²) in [5, 5.41) is 3.47. The molecule has 3 unspecified atom stereocenters. The Morgan fingerprint density at radius 3 is 2.76 bits per heavy atom. The summed E-state index contributed by atoms with van der Waals surface area (Å²) in [6.45, 7) is 6.89. The van der Waals surface area contributed by atoms with Crippen LogP contribution in [-0.4, -0.2) is 13.1 Å². The minimum atomic E-state index is 1.04. The van der Waals surface area contributed by atoms with Crippen LogP contribution in [0.15, 0.2) is 11.6 Å². The van der Waals surface area contributed by atoms with Gasteiger partial charge in [0.05, 0.1) is 0 Å². The Labute approximate surface area is 107 Å². The molecular weight excluding hydrogens is 206 g/mol. The first-order chi connectivity index (χ1) is 8.29. The van der Waals surface area contributed by atoms with E-state index in [1.54, 1.807) is 12.0 Å². The quantitative estimate of drug-likeness (QED) is 0.516. The number of hydrogen-bond donors (Lipinski definition) is 1. The molecule has 0 saturated heterocycles. The van der Waals surface area contributed by atoms with E-state index in [0.717, 1.165) is 24.3 Å². The molecule has 0 aromatic carbocycles. The van der Waals surface area contributed by atoms with Crippen LogP contribution >= 0.6 is 0 Å². The first-order valence-electron chi connectivity index (χ1n) is 7.66. The summed E-state index contributed by atoms with van der Waals surface area (Å²) < 4.78 is 0. The van der Waals surface area contributed by atoms with Crippen LogP contribution in [0.1, 0.15) is 58.8 Å². The first kappa shape index (κ1) is 13.1. The maximum atomic E-state index is 3.47. The molecule has 0 aliphatic heterocycles. The van der Waals surface area contributed by atoms with Crippen molar-refractivity contribution in [1.82, 2.24) is 5.32 Å². The Hall–Kier alpha value is -0.300. The molecule has 1 heteroatoms. The molecule has 1 N–H and O–H groups in total. The molecule has 1 nitrogen and oxygen atoms in total. The fourth-order valence-corrected chi connectivity index (χ4v) is 3.85. The van der Waals surface area contributed by atoms with Gasteiger partial charge >= 0.3 is 0 Å². The van der Waals surface area contributed by atoms with Crippen LogP contribution in [0.5, 0.6) is 0 Å². The van der Waals surface area contributed by atoms with Gasteiger partial charge in [0.25, 0.3) is 0 Å². The highest BCUT2D eigenvalue weighted by molar-refractivity contribution is 5.03. The van der Waals surface area contributed by atoms with Gasteiger partial charge in [0, 0.05) is 0 Å². The van der Waals surface area contributed by atoms with Crippen LogP contribution in [0.2, 0.25) is 0 Å². The third-order valence-corrected chi connectivity index (χ3v) is 4.71. The van der Waals surface area contributed by atoms with Crippen molar-refractivity contribution in [3.05, 3.63) is 11.6 Å². The van der Waals surface area contributed by atoms with Crippen LogP contribution in [-0.2, 0) is 0 Å². The summed E-state index contributed by atoms with van der Waals surface area (Å²) in [5.74, 6) is 3.22. The molecule has 2 saturated carbocycles. The van der Waals surface area contributed by atoms with Crippen molar-refractivity contribution in [2.75, 3.05) is 13.1 Å². The van der Waals surface area contributed by atoms with E-state index in [0.29, 0.717) is 0 Å². The number of nitrogens with one attached hydrogen (secondary N) is 1. The lowest BCUT2D eigenvalue weighted by Crippen LogP contribution is -2.15. The zero-order valence-electron chi connectivity index (χ0n) is 11.7. The Bertz CT molecular complexity index is 256. The zero-order valence-corrected chi connectivity index (χ0v) is 11.7. The maximum absolute atomic E-state index is 3.47. The first-order valence-corrected chi connectivity index (χ1v) is 7.66. The molecule has 0 spiro atoms. The van der Waals surface area contributed by atoms with Crippen molar-refractivity contribution < 1.29 is 0 Å². The average Bonchev–Trinajstić information content (AvgIpc) is 2.90. The minimum Gasteiger partial charge on any atom is -0.316 e. The van der Waals surface area contributed by atoms with Crippen molar-refractivity contribution in [3.8, 4) is 0 Å². The van der Waals surface area contributed by atoms with Gasteiger partial charge in [-0.2, -0.15) is 0 Å². The predicted octanol–water partition coefficient (Wildman–Crippen LogP) is 4.15. The Morgan fingerprint density at radius 1 is 1.24 bits per heavy atom. The summed E-state index contributed by atoms with van der Waals surface area (Å²) in [4.78, 5) is 0. The fourth-order valence-electron chi connectivity index (χ4n) is 3.85. The van der Waals surface area contributed by atoms with E-state index in [2.05, 4.69) is 25.2 Å². The van der Waals surface area contributed by atoms with E-state index in [1.165, 1.54) is 45.1 Å². The van der Waals surface area contributed by atoms with Crippen molar-refractivity contribution in [3.63, 3.8) is 0 Å². The standard InChI is InChI=1S/C16H29N/c1-3-8-17-9-4-5-13(2)10-16-12-14-6-7-15(16)11-14/h5,14-17H,3-4,6-12H2,1-2H3. The summed E-state index contributed by atoms with van der Waals surface area (Å²) in [6, 6.07) is 0. The predicted molar refractivity (Wildman–Crippen MR) is 75.1 cm³/mol. The van der Waals surface area contributed by atoms with Crippen LogP contribution in [0, 0.1) is 17.8 Å². The maximum Gasteiger partial charge on any atom is -0.00142 e. The molecular formula is C16H29N. The third-order valence-electron chi connectivity index (χ3n) is 4.71. The normalized spacial score (nSPS) is 32.4. The molecule has 2 bridgehead atoms. The van der Waals surface area contributed by atoms with E-state index >= 15 is 0 Å². The van der Waals surface area contributed by atoms with Crippen molar-refractivity contribution in [1.29, 1.82) is 0 Å². The van der Waals surface area contributed by atoms with Crippen molar-refractivity contribution in [2.24, 2.45) is 17.8 Å². The molecule has 0 aromatic rings. The largest absolute Gasteiger partial charge is 0.316 e. The topological polar surface area (TPSA) is 12.0 Å². The molecule has 0 radical (unpaired) electrons. The van der Waals surface area contributed by atoms with E-state index in [9.17, 15) is 0 Å². The van der Waals surface area contributed by atoms with Gasteiger partial charge in [0.15, 0.2) is 0 Å². The van der Waals surface area contributed by atoms with Gasteiger partial charge in [-0.1, -0.05) is 25.0 Å². The molecule has 2 rings (SSSR count). The SMILES string of the molecule is CCCNCCC=C(C)CC1CC2CCC1C2. The smallest absolute Gasteiger partial charge is 0.00142 e. The van der Waals surface area contributed by atoms with Crippen LogP contribution in [0.4, 0.5) is 0 Å². The third kappa shape index (κ3) is 3.84. The number of hydrogen-bond acceptors (Lipinski definition) is 1. The molecule has 2 fully saturated rings. The Balaban J connectivity index is 1.63. The molecule has 17 heavy (non-hydrogen) atoms. The Kier molecular flexibility index (Phi) is 5.09. The van der Waals surface area contributed by atoms with E-state index in [-0.39, 0.29) is 0 Å². The summed E-state index contributed by atoms with van der Waals surface area (Å²) in [7, 11) is 0. The highest BCUT2D eigenvalue weighted by Crippen LogP contribution is 2.50. The Morgan fingerprint density at radius 2 is 2.12 bits per heavy atom. The van der Waals surface area contributed by atoms with Crippen molar-refractivity contribution in [2.45, 2.75) is 58.8 Å². The van der Waals surface area contributed by atoms with Crippen LogP contribution in [0.3, 0.4) is 0 Å². The van der Waals surface area contributed by atoms with Gasteiger partial charge in [0.1, 0.15) is 0 Å². The van der Waals surface area contributed by atoms with Crippen LogP contribution in [0.25, 0.3) is 0 Å². The van der Waals surface area contributed by atoms with Gasteiger partial charge in [-0.15, -0.1) is 0 Å². The summed E-state index contributed by atoms with van der Waals surface area (Å²) in [6.07, 6.45) is 12.5. The van der Waals surface area contributed by atoms with Gasteiger partial charge in [-0.3, -0.25) is 0 Å². The lowest BCUT2D eigenvalue weighted by atomic mass is 9.84. The van der Waals surface area contributed by atoms with Crippen molar-refractivity contribution >= 4 is 0 Å². The molecule has 0 aromatic heterocycles. The summed E-state index contributed by atoms with van der Waals surface area (Å²) in [5.41, 5.74) is 1.64. The number of rotatable bonds is 7. The number of allylic oxidation sites excluding steroid dienone is 1. The highest BCUT2D eigenvalue weighted by atomic mass is 14.8. The van der Waals surface area contributed by atoms with Crippen LogP contribution < -0.4 is 5.32 Å². The lowest BCUT2D eigenvalue weighted by Gasteiger charge is -2.21. The van der Waals surface area contributed by atoms with Gasteiger partial charge in [0.2, 0.25) is 0 Å². The summed E-state index contributed by atoms with van der Waals surface area (Å²) >= 11 is 0. The molecule has 0 heterocycles. The average molecular weight is 235 g/mol. The van der Waals surface area contributed by atoms with Gasteiger partial charge in [-0.05, 0) is 76.3 Å². The zero-order chi connectivity index (χ0) is 12.1. The monoisotopic (exact) mass is 235 g/mol. The molecule has 98 valence electrons. The number of fused-ring (bicyclic) bond motifs is 2. The fraction of sp³-hybridized carbons (Fsp3) is 0.875. The second kappa shape index (κ2) is 6.58. The lowest BCUT2D eigenvalue weighted by molar-refractivity contribution is 0.330. The molecule has 0 amide bonds.